The van der Waals surface area contributed by atoms with Gasteiger partial charge in [-0.25, -0.2) is 0 Å². The lowest BCUT2D eigenvalue weighted by molar-refractivity contribution is -0.332. The molecule has 0 aromatic heterocycles. The molecule has 6 atom stereocenters. The number of thiocarbonyl (C=S) groups is 1. The van der Waals surface area contributed by atoms with Crippen molar-refractivity contribution in [2.75, 3.05) is 18.6 Å². The van der Waals surface area contributed by atoms with Gasteiger partial charge in [0.05, 0.1) is 6.61 Å². The van der Waals surface area contributed by atoms with Crippen LogP contribution in [0.5, 0.6) is 0 Å². The van der Waals surface area contributed by atoms with E-state index in [4.69, 9.17) is 35.9 Å². The third-order valence-corrected chi connectivity index (χ3v) is 5.67. The first-order valence-electron chi connectivity index (χ1n) is 9.31. The summed E-state index contributed by atoms with van der Waals surface area (Å²) >= 11 is 5.56. The van der Waals surface area contributed by atoms with Crippen molar-refractivity contribution < 1.29 is 23.7 Å². The molecular weight excluding hydrogens is 378 g/mol. The molecule has 3 heterocycles. The lowest BCUT2D eigenvalue weighted by atomic mass is 9.95. The molecule has 3 aliphatic rings. The highest BCUT2D eigenvalue weighted by atomic mass is 32.1. The average molecular weight is 399 g/mol. The third-order valence-electron chi connectivity index (χ3n) is 5.38. The Kier molecular flexibility index (Phi) is 4.78. The summed E-state index contributed by atoms with van der Waals surface area (Å²) in [6.07, 6.45) is -1.89. The Balaban J connectivity index is 1.45. The van der Waals surface area contributed by atoms with Crippen molar-refractivity contribution in [2.45, 2.75) is 36.9 Å². The SMILES string of the molecule is COC1OC2COC(c3ccccc3)OC2C2OC(=S)N(c3ccccc3)C12. The van der Waals surface area contributed by atoms with Crippen LogP contribution < -0.4 is 4.90 Å². The van der Waals surface area contributed by atoms with E-state index in [2.05, 4.69) is 0 Å². The second-order valence-corrected chi connectivity index (χ2v) is 7.35. The molecule has 5 rings (SSSR count). The van der Waals surface area contributed by atoms with E-state index in [0.717, 1.165) is 11.3 Å². The van der Waals surface area contributed by atoms with Gasteiger partial charge in [0, 0.05) is 18.4 Å². The molecule has 2 aromatic carbocycles. The van der Waals surface area contributed by atoms with Crippen molar-refractivity contribution in [3.63, 3.8) is 0 Å². The Morgan fingerprint density at radius 3 is 2.39 bits per heavy atom. The Bertz CT molecular complexity index is 835. The quantitative estimate of drug-likeness (QED) is 0.736. The number of nitrogens with zero attached hydrogens (tertiary/aromatic N) is 1. The number of hydrogen-bond donors (Lipinski definition) is 0. The summed E-state index contributed by atoms with van der Waals surface area (Å²) in [5.41, 5.74) is 1.91. The number of ether oxygens (including phenoxy) is 5. The predicted octanol–water partition coefficient (Wildman–Crippen LogP) is 3.03. The lowest BCUT2D eigenvalue weighted by Gasteiger charge is -2.46. The smallest absolute Gasteiger partial charge is 0.264 e. The fraction of sp³-hybridized carbons (Fsp3) is 0.381. The van der Waals surface area contributed by atoms with E-state index in [0.29, 0.717) is 11.8 Å². The Morgan fingerprint density at radius 2 is 1.68 bits per heavy atom. The number of rotatable bonds is 3. The number of fused-ring (bicyclic) bond motifs is 3. The molecule has 2 aromatic rings. The molecule has 0 amide bonds. The molecule has 0 bridgehead atoms. The normalized spacial score (nSPS) is 34.5. The van der Waals surface area contributed by atoms with Gasteiger partial charge in [-0.3, -0.25) is 4.90 Å². The zero-order valence-electron chi connectivity index (χ0n) is 15.3. The zero-order chi connectivity index (χ0) is 19.1. The summed E-state index contributed by atoms with van der Waals surface area (Å²) < 4.78 is 30.2. The molecule has 3 fully saturated rings. The molecule has 0 aliphatic carbocycles. The molecule has 6 nitrogen and oxygen atoms in total. The zero-order valence-corrected chi connectivity index (χ0v) is 16.2. The van der Waals surface area contributed by atoms with Crippen LogP contribution in [0.2, 0.25) is 0 Å². The minimum absolute atomic E-state index is 0.240. The van der Waals surface area contributed by atoms with Crippen molar-refractivity contribution in [1.82, 2.24) is 0 Å². The van der Waals surface area contributed by atoms with E-state index in [1.807, 2.05) is 65.6 Å². The lowest BCUT2D eigenvalue weighted by Crippen LogP contribution is -2.63. The van der Waals surface area contributed by atoms with Crippen molar-refractivity contribution in [2.24, 2.45) is 0 Å². The molecule has 0 radical (unpaired) electrons. The van der Waals surface area contributed by atoms with E-state index in [1.165, 1.54) is 0 Å². The summed E-state index contributed by atoms with van der Waals surface area (Å²) in [5.74, 6) is 0. The molecular formula is C21H21NO5S. The standard InChI is InChI=1S/C21H21NO5S/c1-23-20-16-18(27-21(28)22(16)14-10-6-3-7-11-14)17-15(25-20)12-24-19(26-17)13-8-4-2-5-9-13/h2-11,15-20H,12H2,1H3. The van der Waals surface area contributed by atoms with E-state index in [-0.39, 0.29) is 24.4 Å². The van der Waals surface area contributed by atoms with Crippen molar-refractivity contribution in [3.05, 3.63) is 66.2 Å². The summed E-state index contributed by atoms with van der Waals surface area (Å²) in [6.45, 7) is 0.398. The van der Waals surface area contributed by atoms with Crippen molar-refractivity contribution in [3.8, 4) is 0 Å². The van der Waals surface area contributed by atoms with Gasteiger partial charge < -0.3 is 23.7 Å². The van der Waals surface area contributed by atoms with Crippen LogP contribution >= 0.6 is 12.2 Å². The monoisotopic (exact) mass is 399 g/mol. The topological polar surface area (TPSA) is 49.4 Å². The minimum atomic E-state index is -0.507. The van der Waals surface area contributed by atoms with Gasteiger partial charge in [0.25, 0.3) is 5.17 Å². The molecule has 0 N–H and O–H groups in total. The van der Waals surface area contributed by atoms with E-state index < -0.39 is 12.6 Å². The summed E-state index contributed by atoms with van der Waals surface area (Å²) in [5, 5.41) is 0.402. The Hall–Kier alpha value is -2.03. The van der Waals surface area contributed by atoms with Gasteiger partial charge in [0.15, 0.2) is 18.7 Å². The number of hydrogen-bond acceptors (Lipinski definition) is 6. The maximum atomic E-state index is 6.30. The molecule has 3 saturated heterocycles. The predicted molar refractivity (Wildman–Crippen MR) is 106 cm³/mol. The first-order chi connectivity index (χ1) is 13.8. The van der Waals surface area contributed by atoms with Crippen LogP contribution in [-0.2, 0) is 23.7 Å². The van der Waals surface area contributed by atoms with Crippen LogP contribution in [0.4, 0.5) is 5.69 Å². The first-order valence-corrected chi connectivity index (χ1v) is 9.72. The van der Waals surface area contributed by atoms with Crippen molar-refractivity contribution >= 4 is 23.1 Å². The van der Waals surface area contributed by atoms with Gasteiger partial charge in [-0.15, -0.1) is 0 Å². The minimum Gasteiger partial charge on any atom is -0.462 e. The van der Waals surface area contributed by atoms with Crippen LogP contribution in [0.3, 0.4) is 0 Å². The van der Waals surface area contributed by atoms with Gasteiger partial charge >= 0.3 is 0 Å². The highest BCUT2D eigenvalue weighted by Crippen LogP contribution is 2.41. The van der Waals surface area contributed by atoms with Gasteiger partial charge in [0.1, 0.15) is 18.2 Å². The maximum Gasteiger partial charge on any atom is 0.264 e. The van der Waals surface area contributed by atoms with E-state index in [1.54, 1.807) is 7.11 Å². The molecule has 7 heteroatoms. The summed E-state index contributed by atoms with van der Waals surface area (Å²) in [7, 11) is 1.63. The summed E-state index contributed by atoms with van der Waals surface area (Å²) in [4.78, 5) is 1.96. The summed E-state index contributed by atoms with van der Waals surface area (Å²) in [6, 6.07) is 19.5. The Labute approximate surface area is 168 Å². The van der Waals surface area contributed by atoms with Crippen LogP contribution in [0, 0.1) is 0 Å². The average Bonchev–Trinajstić information content (AvgIpc) is 3.11. The van der Waals surface area contributed by atoms with Gasteiger partial charge in [-0.1, -0.05) is 48.5 Å². The van der Waals surface area contributed by atoms with Gasteiger partial charge in [-0.05, 0) is 24.4 Å². The van der Waals surface area contributed by atoms with Gasteiger partial charge in [-0.2, -0.15) is 0 Å². The van der Waals surface area contributed by atoms with Crippen LogP contribution in [0.25, 0.3) is 0 Å². The number of benzene rings is 2. The number of methoxy groups -OCH3 is 1. The highest BCUT2D eigenvalue weighted by Gasteiger charge is 2.58. The second-order valence-electron chi connectivity index (χ2n) is 7.00. The molecule has 0 saturated carbocycles. The fourth-order valence-electron chi connectivity index (χ4n) is 4.10. The van der Waals surface area contributed by atoms with Crippen LogP contribution in [0.15, 0.2) is 60.7 Å². The van der Waals surface area contributed by atoms with Crippen LogP contribution in [-0.4, -0.2) is 49.5 Å². The van der Waals surface area contributed by atoms with Crippen LogP contribution in [0.1, 0.15) is 11.9 Å². The largest absolute Gasteiger partial charge is 0.462 e. The second kappa shape index (κ2) is 7.42. The van der Waals surface area contributed by atoms with E-state index >= 15 is 0 Å². The Morgan fingerprint density at radius 1 is 0.964 bits per heavy atom. The molecule has 146 valence electrons. The highest BCUT2D eigenvalue weighted by molar-refractivity contribution is 7.80. The fourth-order valence-corrected chi connectivity index (χ4v) is 4.44. The molecule has 0 spiro atoms. The molecule has 6 unspecified atom stereocenters. The third kappa shape index (κ3) is 3.00. The number of anilines is 1. The molecule has 3 aliphatic heterocycles. The van der Waals surface area contributed by atoms with E-state index in [9.17, 15) is 0 Å². The molecule has 28 heavy (non-hydrogen) atoms. The number of para-hydroxylation sites is 1. The maximum absolute atomic E-state index is 6.30. The first kappa shape index (κ1) is 18.0. The van der Waals surface area contributed by atoms with Gasteiger partial charge in [0.2, 0.25) is 0 Å². The van der Waals surface area contributed by atoms with Crippen molar-refractivity contribution in [1.29, 1.82) is 0 Å².